The van der Waals surface area contributed by atoms with Gasteiger partial charge in [0.15, 0.2) is 0 Å². The first-order valence-corrected chi connectivity index (χ1v) is 7.06. The Kier molecular flexibility index (Phi) is 6.22. The van der Waals surface area contributed by atoms with E-state index in [-0.39, 0.29) is 0 Å². The molecule has 1 aromatic rings. The van der Waals surface area contributed by atoms with Gasteiger partial charge in [-0.2, -0.15) is 0 Å². The molecule has 18 heavy (non-hydrogen) atoms. The lowest BCUT2D eigenvalue weighted by atomic mass is 10.0. The number of halogens is 3. The van der Waals surface area contributed by atoms with Crippen molar-refractivity contribution < 1.29 is 5.11 Å². The van der Waals surface area contributed by atoms with Crippen molar-refractivity contribution in [3.8, 4) is 0 Å². The second kappa shape index (κ2) is 6.97. The summed E-state index contributed by atoms with van der Waals surface area (Å²) in [7, 11) is 0. The first-order valence-electron chi connectivity index (χ1n) is 5.93. The average Bonchev–Trinajstić information content (AvgIpc) is 2.28. The minimum absolute atomic E-state index is 0.465. The van der Waals surface area contributed by atoms with Crippen LogP contribution in [0.1, 0.15) is 32.3 Å². The van der Waals surface area contributed by atoms with Gasteiger partial charge in [0.2, 0.25) is 0 Å². The maximum atomic E-state index is 10.0. The van der Waals surface area contributed by atoms with Crippen LogP contribution < -0.4 is 5.32 Å². The van der Waals surface area contributed by atoms with Crippen molar-refractivity contribution in [3.05, 3.63) is 32.8 Å². The Bertz CT molecular complexity index is 407. The Morgan fingerprint density at radius 2 is 1.83 bits per heavy atom. The second-order valence-electron chi connectivity index (χ2n) is 4.67. The van der Waals surface area contributed by atoms with Gasteiger partial charge in [-0.05, 0) is 25.5 Å². The van der Waals surface area contributed by atoms with E-state index in [0.29, 0.717) is 28.2 Å². The number of hydrogen-bond acceptors (Lipinski definition) is 2. The van der Waals surface area contributed by atoms with Crippen molar-refractivity contribution >= 4 is 34.8 Å². The molecule has 102 valence electrons. The molecule has 0 radical (unpaired) electrons. The van der Waals surface area contributed by atoms with Crippen LogP contribution in [0.5, 0.6) is 0 Å². The summed E-state index contributed by atoms with van der Waals surface area (Å²) in [5, 5.41) is 14.7. The van der Waals surface area contributed by atoms with Crippen LogP contribution in [-0.2, 0) is 6.54 Å². The van der Waals surface area contributed by atoms with Crippen LogP contribution in [0.25, 0.3) is 0 Å². The van der Waals surface area contributed by atoms with E-state index in [1.54, 1.807) is 12.1 Å². The minimum Gasteiger partial charge on any atom is -0.389 e. The monoisotopic (exact) mass is 309 g/mol. The third kappa shape index (κ3) is 4.60. The third-order valence-electron chi connectivity index (χ3n) is 2.74. The maximum absolute atomic E-state index is 10.0. The first kappa shape index (κ1) is 16.1. The van der Waals surface area contributed by atoms with Crippen LogP contribution in [-0.4, -0.2) is 17.3 Å². The molecule has 0 spiro atoms. The predicted octanol–water partition coefficient (Wildman–Crippen LogP) is 4.29. The molecular formula is C13H18Cl3NO. The van der Waals surface area contributed by atoms with E-state index < -0.39 is 5.60 Å². The molecule has 1 unspecified atom stereocenters. The van der Waals surface area contributed by atoms with Crippen molar-refractivity contribution in [3.63, 3.8) is 0 Å². The molecule has 0 fully saturated rings. The molecule has 2 nitrogen and oxygen atoms in total. The molecule has 5 heteroatoms. The third-order valence-corrected chi connectivity index (χ3v) is 3.93. The molecule has 1 atom stereocenters. The Morgan fingerprint density at radius 1 is 1.22 bits per heavy atom. The predicted molar refractivity (Wildman–Crippen MR) is 78.7 cm³/mol. The summed E-state index contributed by atoms with van der Waals surface area (Å²) in [6.45, 7) is 4.82. The highest BCUT2D eigenvalue weighted by Gasteiger charge is 2.18. The fourth-order valence-corrected chi connectivity index (χ4v) is 2.50. The van der Waals surface area contributed by atoms with Crippen molar-refractivity contribution in [2.45, 2.75) is 38.8 Å². The average molecular weight is 311 g/mol. The van der Waals surface area contributed by atoms with E-state index in [9.17, 15) is 5.11 Å². The zero-order valence-electron chi connectivity index (χ0n) is 10.6. The lowest BCUT2D eigenvalue weighted by Crippen LogP contribution is -2.37. The quantitative estimate of drug-likeness (QED) is 0.768. The van der Waals surface area contributed by atoms with Gasteiger partial charge in [0, 0.05) is 23.7 Å². The SMILES string of the molecule is CCCC(C)(O)CNCc1c(Cl)ccc(Cl)c1Cl. The van der Waals surface area contributed by atoms with Gasteiger partial charge >= 0.3 is 0 Å². The highest BCUT2D eigenvalue weighted by atomic mass is 35.5. The zero-order valence-corrected chi connectivity index (χ0v) is 12.8. The molecule has 0 amide bonds. The molecule has 0 heterocycles. The first-order chi connectivity index (χ1) is 8.37. The van der Waals surface area contributed by atoms with Gasteiger partial charge in [-0.25, -0.2) is 0 Å². The summed E-state index contributed by atoms with van der Waals surface area (Å²) in [6, 6.07) is 3.39. The lowest BCUT2D eigenvalue weighted by molar-refractivity contribution is 0.0498. The van der Waals surface area contributed by atoms with E-state index in [1.807, 2.05) is 13.8 Å². The normalized spacial score (nSPS) is 14.6. The molecule has 0 aliphatic rings. The van der Waals surface area contributed by atoms with Gasteiger partial charge in [0.1, 0.15) is 0 Å². The number of benzene rings is 1. The molecule has 0 saturated heterocycles. The van der Waals surface area contributed by atoms with Crippen LogP contribution in [0, 0.1) is 0 Å². The fourth-order valence-electron chi connectivity index (χ4n) is 1.81. The van der Waals surface area contributed by atoms with Gasteiger partial charge < -0.3 is 10.4 Å². The Labute approximate surface area is 123 Å². The summed E-state index contributed by atoms with van der Waals surface area (Å²) in [5.41, 5.74) is 0.0462. The molecule has 0 aliphatic carbocycles. The molecule has 0 saturated carbocycles. The van der Waals surface area contributed by atoms with Gasteiger partial charge in [-0.1, -0.05) is 48.1 Å². The fraction of sp³-hybridized carbons (Fsp3) is 0.538. The van der Waals surface area contributed by atoms with Gasteiger partial charge in [0.25, 0.3) is 0 Å². The summed E-state index contributed by atoms with van der Waals surface area (Å²) < 4.78 is 0. The molecule has 0 bridgehead atoms. The standard InChI is InChI=1S/C13H18Cl3NO/c1-3-6-13(2,18)8-17-7-9-10(14)4-5-11(15)12(9)16/h4-5,17-18H,3,6-8H2,1-2H3. The Hall–Kier alpha value is 0.01000. The van der Waals surface area contributed by atoms with Crippen molar-refractivity contribution in [2.75, 3.05) is 6.54 Å². The smallest absolute Gasteiger partial charge is 0.0743 e. The van der Waals surface area contributed by atoms with E-state index in [2.05, 4.69) is 5.32 Å². The van der Waals surface area contributed by atoms with E-state index in [0.717, 1.165) is 18.4 Å². The summed E-state index contributed by atoms with van der Waals surface area (Å²) in [5.74, 6) is 0. The zero-order chi connectivity index (χ0) is 13.8. The highest BCUT2D eigenvalue weighted by Crippen LogP contribution is 2.31. The number of hydrogen-bond donors (Lipinski definition) is 2. The van der Waals surface area contributed by atoms with Crippen LogP contribution in [0.4, 0.5) is 0 Å². The van der Waals surface area contributed by atoms with Crippen molar-refractivity contribution in [2.24, 2.45) is 0 Å². The summed E-state index contributed by atoms with van der Waals surface area (Å²) in [6.07, 6.45) is 1.68. The largest absolute Gasteiger partial charge is 0.389 e. The Balaban J connectivity index is 2.62. The van der Waals surface area contributed by atoms with Crippen molar-refractivity contribution in [1.82, 2.24) is 5.32 Å². The number of aliphatic hydroxyl groups is 1. The minimum atomic E-state index is -0.716. The lowest BCUT2D eigenvalue weighted by Gasteiger charge is -2.23. The van der Waals surface area contributed by atoms with Gasteiger partial charge in [-0.3, -0.25) is 0 Å². The van der Waals surface area contributed by atoms with E-state index in [1.165, 1.54) is 0 Å². The highest BCUT2D eigenvalue weighted by molar-refractivity contribution is 6.44. The number of rotatable bonds is 6. The van der Waals surface area contributed by atoms with E-state index >= 15 is 0 Å². The number of nitrogens with one attached hydrogen (secondary N) is 1. The van der Waals surface area contributed by atoms with Gasteiger partial charge in [-0.15, -0.1) is 0 Å². The van der Waals surface area contributed by atoms with Crippen LogP contribution in [0.2, 0.25) is 15.1 Å². The van der Waals surface area contributed by atoms with E-state index in [4.69, 9.17) is 34.8 Å². The molecule has 0 aromatic heterocycles. The second-order valence-corrected chi connectivity index (χ2v) is 5.86. The van der Waals surface area contributed by atoms with Crippen LogP contribution in [0.3, 0.4) is 0 Å². The molecule has 1 aromatic carbocycles. The summed E-state index contributed by atoms with van der Waals surface area (Å²) in [4.78, 5) is 0. The molecule has 0 aliphatic heterocycles. The molecule has 1 rings (SSSR count). The van der Waals surface area contributed by atoms with Crippen LogP contribution >= 0.6 is 34.8 Å². The van der Waals surface area contributed by atoms with Crippen molar-refractivity contribution in [1.29, 1.82) is 0 Å². The summed E-state index contributed by atoms with van der Waals surface area (Å²) >= 11 is 18.1. The Morgan fingerprint density at radius 3 is 2.44 bits per heavy atom. The molecule has 2 N–H and O–H groups in total. The molecular weight excluding hydrogens is 293 g/mol. The maximum Gasteiger partial charge on any atom is 0.0743 e. The van der Waals surface area contributed by atoms with Gasteiger partial charge in [0.05, 0.1) is 15.6 Å². The topological polar surface area (TPSA) is 32.3 Å². The van der Waals surface area contributed by atoms with Crippen LogP contribution in [0.15, 0.2) is 12.1 Å².